The Balaban J connectivity index is 1.55. The van der Waals surface area contributed by atoms with Gasteiger partial charge in [0.15, 0.2) is 0 Å². The van der Waals surface area contributed by atoms with Gasteiger partial charge in [-0.15, -0.1) is 0 Å². The zero-order chi connectivity index (χ0) is 19.2. The molecule has 3 rings (SSSR count). The van der Waals surface area contributed by atoms with Gasteiger partial charge in [-0.3, -0.25) is 0 Å². The van der Waals surface area contributed by atoms with Gasteiger partial charge >= 0.3 is 5.97 Å². The predicted molar refractivity (Wildman–Crippen MR) is 107 cm³/mol. The lowest BCUT2D eigenvalue weighted by molar-refractivity contribution is 0.0697. The highest BCUT2D eigenvalue weighted by molar-refractivity contribution is 5.88. The van der Waals surface area contributed by atoms with E-state index in [0.717, 1.165) is 28.1 Å². The molecule has 0 aliphatic rings. The maximum Gasteiger partial charge on any atom is 0.335 e. The largest absolute Gasteiger partial charge is 0.489 e. The molecular formula is C23H23NO3. The van der Waals surface area contributed by atoms with E-state index < -0.39 is 5.97 Å². The van der Waals surface area contributed by atoms with Gasteiger partial charge < -0.3 is 15.2 Å². The minimum atomic E-state index is -0.911. The van der Waals surface area contributed by atoms with Crippen LogP contribution in [0, 0.1) is 13.8 Å². The molecule has 3 aromatic rings. The van der Waals surface area contributed by atoms with Gasteiger partial charge in [0.25, 0.3) is 0 Å². The Morgan fingerprint density at radius 1 is 0.963 bits per heavy atom. The van der Waals surface area contributed by atoms with Gasteiger partial charge in [0.05, 0.1) is 5.56 Å². The molecule has 0 fully saturated rings. The molecule has 0 atom stereocenters. The Hall–Kier alpha value is -3.27. The highest BCUT2D eigenvalue weighted by atomic mass is 16.5. The normalized spacial score (nSPS) is 10.4. The summed E-state index contributed by atoms with van der Waals surface area (Å²) in [6.45, 7) is 5.18. The number of ether oxygens (including phenoxy) is 1. The molecule has 0 heterocycles. The van der Waals surface area contributed by atoms with Crippen LogP contribution in [-0.2, 0) is 13.2 Å². The van der Waals surface area contributed by atoms with Crippen LogP contribution in [0.2, 0.25) is 0 Å². The lowest BCUT2D eigenvalue weighted by atomic mass is 10.1. The van der Waals surface area contributed by atoms with Crippen LogP contribution < -0.4 is 10.1 Å². The summed E-state index contributed by atoms with van der Waals surface area (Å²) in [6.07, 6.45) is 0. The molecule has 0 radical (unpaired) electrons. The molecular weight excluding hydrogens is 338 g/mol. The zero-order valence-corrected chi connectivity index (χ0v) is 15.5. The lowest BCUT2D eigenvalue weighted by Gasteiger charge is -2.11. The van der Waals surface area contributed by atoms with Crippen molar-refractivity contribution in [1.29, 1.82) is 0 Å². The van der Waals surface area contributed by atoms with Crippen molar-refractivity contribution in [3.05, 3.63) is 94.5 Å². The molecule has 4 nitrogen and oxygen atoms in total. The van der Waals surface area contributed by atoms with Gasteiger partial charge in [-0.05, 0) is 60.9 Å². The molecule has 0 aliphatic carbocycles. The minimum Gasteiger partial charge on any atom is -0.489 e. The molecule has 0 amide bonds. The molecule has 0 aromatic heterocycles. The third kappa shape index (κ3) is 5.11. The second kappa shape index (κ2) is 8.41. The van der Waals surface area contributed by atoms with Crippen LogP contribution >= 0.6 is 0 Å². The molecule has 4 heteroatoms. The maximum atomic E-state index is 11.0. The first kappa shape index (κ1) is 18.5. The predicted octanol–water partition coefficient (Wildman–Crippen LogP) is 5.19. The van der Waals surface area contributed by atoms with Crippen molar-refractivity contribution in [3.8, 4) is 5.75 Å². The number of aromatic carboxylic acids is 1. The molecule has 138 valence electrons. The van der Waals surface area contributed by atoms with Gasteiger partial charge in [-0.25, -0.2) is 4.79 Å². The summed E-state index contributed by atoms with van der Waals surface area (Å²) in [5.74, 6) is -0.0758. The molecule has 2 N–H and O–H groups in total. The fourth-order valence-electron chi connectivity index (χ4n) is 2.86. The molecule has 0 unspecified atom stereocenters. The van der Waals surface area contributed by atoms with Crippen molar-refractivity contribution in [1.82, 2.24) is 0 Å². The van der Waals surface area contributed by atoms with Crippen molar-refractivity contribution >= 4 is 11.7 Å². The van der Waals surface area contributed by atoms with E-state index in [1.807, 2.05) is 37.3 Å². The van der Waals surface area contributed by atoms with Crippen LogP contribution in [0.15, 0.2) is 66.7 Å². The quantitative estimate of drug-likeness (QED) is 0.608. The van der Waals surface area contributed by atoms with E-state index in [-0.39, 0.29) is 0 Å². The van der Waals surface area contributed by atoms with Crippen LogP contribution in [0.3, 0.4) is 0 Å². The number of carboxylic acid groups (broad SMARTS) is 1. The molecule has 3 aromatic carbocycles. The van der Waals surface area contributed by atoms with Crippen molar-refractivity contribution in [2.24, 2.45) is 0 Å². The topological polar surface area (TPSA) is 58.6 Å². The summed E-state index contributed by atoms with van der Waals surface area (Å²) in [4.78, 5) is 11.0. The summed E-state index contributed by atoms with van der Waals surface area (Å²) in [7, 11) is 0. The number of hydrogen-bond acceptors (Lipinski definition) is 3. The fourth-order valence-corrected chi connectivity index (χ4v) is 2.86. The molecule has 0 saturated heterocycles. The molecule has 0 bridgehead atoms. The van der Waals surface area contributed by atoms with Crippen molar-refractivity contribution in [2.45, 2.75) is 27.0 Å². The Bertz CT molecular complexity index is 933. The number of benzene rings is 3. The Labute approximate surface area is 159 Å². The standard InChI is InChI=1S/C23H23NO3/c1-16-4-3-5-19(12-16)15-27-21-9-6-18(7-10-21)14-24-22-11-8-20(23(25)26)13-17(22)2/h3-13,24H,14-15H2,1-2H3,(H,25,26). The highest BCUT2D eigenvalue weighted by Gasteiger charge is 2.05. The number of aryl methyl sites for hydroxylation is 2. The second-order valence-corrected chi connectivity index (χ2v) is 6.61. The zero-order valence-electron chi connectivity index (χ0n) is 15.5. The number of hydrogen-bond donors (Lipinski definition) is 2. The van der Waals surface area contributed by atoms with Crippen LogP contribution in [0.5, 0.6) is 5.75 Å². The van der Waals surface area contributed by atoms with E-state index in [9.17, 15) is 4.79 Å². The van der Waals surface area contributed by atoms with Gasteiger partial charge in [0.2, 0.25) is 0 Å². The average Bonchev–Trinajstić information content (AvgIpc) is 2.66. The molecule has 0 spiro atoms. The van der Waals surface area contributed by atoms with Crippen LogP contribution in [0.4, 0.5) is 5.69 Å². The monoisotopic (exact) mass is 361 g/mol. The lowest BCUT2D eigenvalue weighted by Crippen LogP contribution is -2.03. The average molecular weight is 361 g/mol. The highest BCUT2D eigenvalue weighted by Crippen LogP contribution is 2.19. The van der Waals surface area contributed by atoms with Crippen LogP contribution in [0.1, 0.15) is 32.6 Å². The van der Waals surface area contributed by atoms with Crippen molar-refractivity contribution < 1.29 is 14.6 Å². The summed E-state index contributed by atoms with van der Waals surface area (Å²) in [6, 6.07) is 21.4. The van der Waals surface area contributed by atoms with E-state index >= 15 is 0 Å². The first-order valence-electron chi connectivity index (χ1n) is 8.86. The maximum absolute atomic E-state index is 11.0. The first-order valence-corrected chi connectivity index (χ1v) is 8.86. The van der Waals surface area contributed by atoms with Gasteiger partial charge in [-0.1, -0.05) is 42.0 Å². The number of nitrogens with one attached hydrogen (secondary N) is 1. The van der Waals surface area contributed by atoms with Crippen LogP contribution in [-0.4, -0.2) is 11.1 Å². The summed E-state index contributed by atoms with van der Waals surface area (Å²) < 4.78 is 5.84. The first-order chi connectivity index (χ1) is 13.0. The minimum absolute atomic E-state index is 0.299. The van der Waals surface area contributed by atoms with Crippen molar-refractivity contribution in [2.75, 3.05) is 5.32 Å². The van der Waals surface area contributed by atoms with E-state index in [4.69, 9.17) is 9.84 Å². The van der Waals surface area contributed by atoms with Gasteiger partial charge in [-0.2, -0.15) is 0 Å². The molecule has 0 saturated carbocycles. The number of carbonyl (C=O) groups is 1. The smallest absolute Gasteiger partial charge is 0.335 e. The van der Waals surface area contributed by atoms with E-state index in [0.29, 0.717) is 18.7 Å². The number of anilines is 1. The summed E-state index contributed by atoms with van der Waals surface area (Å²) in [5.41, 5.74) is 5.64. The summed E-state index contributed by atoms with van der Waals surface area (Å²) >= 11 is 0. The van der Waals surface area contributed by atoms with E-state index in [2.05, 4.69) is 30.4 Å². The Kier molecular flexibility index (Phi) is 5.77. The second-order valence-electron chi connectivity index (χ2n) is 6.61. The van der Waals surface area contributed by atoms with Crippen LogP contribution in [0.25, 0.3) is 0 Å². The third-order valence-electron chi connectivity index (χ3n) is 4.37. The number of carboxylic acids is 1. The van der Waals surface area contributed by atoms with Gasteiger partial charge in [0.1, 0.15) is 12.4 Å². The Morgan fingerprint density at radius 3 is 2.41 bits per heavy atom. The van der Waals surface area contributed by atoms with E-state index in [1.165, 1.54) is 5.56 Å². The number of rotatable bonds is 7. The molecule has 27 heavy (non-hydrogen) atoms. The van der Waals surface area contributed by atoms with Crippen molar-refractivity contribution in [3.63, 3.8) is 0 Å². The SMILES string of the molecule is Cc1cccc(COc2ccc(CNc3ccc(C(=O)O)cc3C)cc2)c1. The van der Waals surface area contributed by atoms with E-state index in [1.54, 1.807) is 18.2 Å². The molecule has 0 aliphatic heterocycles. The van der Waals surface area contributed by atoms with Gasteiger partial charge in [0, 0.05) is 12.2 Å². The Morgan fingerprint density at radius 2 is 1.74 bits per heavy atom. The third-order valence-corrected chi connectivity index (χ3v) is 4.37. The summed E-state index contributed by atoms with van der Waals surface area (Å²) in [5, 5.41) is 12.4. The fraction of sp³-hybridized carbons (Fsp3) is 0.174.